The number of thioether (sulfide) groups is 1. The maximum Gasteiger partial charge on any atom is 0.126 e. The van der Waals surface area contributed by atoms with E-state index in [-0.39, 0.29) is 0 Å². The second-order valence-corrected chi connectivity index (χ2v) is 6.46. The molecule has 0 spiro atoms. The average molecular weight is 269 g/mol. The number of nitrogen functional groups attached to an aromatic ring is 1. The van der Waals surface area contributed by atoms with Gasteiger partial charge in [0.25, 0.3) is 0 Å². The first-order valence-corrected chi connectivity index (χ1v) is 8.17. The number of rotatable bonds is 8. The van der Waals surface area contributed by atoms with Gasteiger partial charge in [-0.05, 0) is 23.8 Å². The van der Waals surface area contributed by atoms with E-state index in [1.165, 1.54) is 5.82 Å². The first-order chi connectivity index (χ1) is 8.60. The highest BCUT2D eigenvalue weighted by Crippen LogP contribution is 2.19. The third-order valence-electron chi connectivity index (χ3n) is 2.87. The number of hydrogen-bond acceptors (Lipinski definition) is 3. The lowest BCUT2D eigenvalue weighted by atomic mass is 10.2. The molecule has 1 aromatic rings. The van der Waals surface area contributed by atoms with Crippen LogP contribution >= 0.6 is 11.8 Å². The number of nitrogens with two attached hydrogens (primary N) is 1. The van der Waals surface area contributed by atoms with Crippen molar-refractivity contribution in [3.05, 3.63) is 11.5 Å². The van der Waals surface area contributed by atoms with Crippen molar-refractivity contribution in [3.63, 3.8) is 0 Å². The minimum absolute atomic E-state index is 0.606. The molecule has 18 heavy (non-hydrogen) atoms. The molecule has 0 unspecified atom stereocenters. The summed E-state index contributed by atoms with van der Waals surface area (Å²) in [4.78, 5) is 4.75. The third kappa shape index (κ3) is 4.23. The molecule has 0 aromatic carbocycles. The van der Waals surface area contributed by atoms with Gasteiger partial charge in [-0.25, -0.2) is 4.98 Å². The lowest BCUT2D eigenvalue weighted by Gasteiger charge is -2.11. The van der Waals surface area contributed by atoms with Crippen LogP contribution in [0.4, 0.5) is 5.82 Å². The smallest absolute Gasteiger partial charge is 0.126 e. The molecule has 0 aliphatic heterocycles. The average Bonchev–Trinajstić information content (AvgIpc) is 2.58. The van der Waals surface area contributed by atoms with Crippen molar-refractivity contribution in [2.24, 2.45) is 5.92 Å². The summed E-state index contributed by atoms with van der Waals surface area (Å²) in [5.41, 5.74) is 7.35. The van der Waals surface area contributed by atoms with E-state index in [1.807, 2.05) is 11.8 Å². The van der Waals surface area contributed by atoms with Gasteiger partial charge in [0.1, 0.15) is 11.6 Å². The van der Waals surface area contributed by atoms with Gasteiger partial charge in [-0.2, -0.15) is 11.8 Å². The number of aryl methyl sites for hydroxylation is 2. The van der Waals surface area contributed by atoms with Crippen LogP contribution in [0.25, 0.3) is 0 Å². The molecule has 1 heterocycles. The Balaban J connectivity index is 2.84. The highest BCUT2D eigenvalue weighted by molar-refractivity contribution is 7.99. The van der Waals surface area contributed by atoms with Crippen molar-refractivity contribution >= 4 is 17.6 Å². The molecule has 0 fully saturated rings. The quantitative estimate of drug-likeness (QED) is 0.736. The minimum Gasteiger partial charge on any atom is -0.384 e. The summed E-state index contributed by atoms with van der Waals surface area (Å²) in [5, 5.41) is 0. The Morgan fingerprint density at radius 1 is 1.28 bits per heavy atom. The molecular weight excluding hydrogens is 242 g/mol. The van der Waals surface area contributed by atoms with Crippen LogP contribution in [0.15, 0.2) is 0 Å². The van der Waals surface area contributed by atoms with Crippen molar-refractivity contribution < 1.29 is 0 Å². The first kappa shape index (κ1) is 15.4. The maximum atomic E-state index is 6.26. The zero-order valence-electron chi connectivity index (χ0n) is 12.2. The zero-order chi connectivity index (χ0) is 13.5. The highest BCUT2D eigenvalue weighted by Gasteiger charge is 2.14. The number of hydrogen-bond donors (Lipinski definition) is 1. The summed E-state index contributed by atoms with van der Waals surface area (Å²) in [6.07, 6.45) is 3.14. The van der Waals surface area contributed by atoms with Crippen LogP contribution in [0.1, 0.15) is 45.6 Å². The summed E-state index contributed by atoms with van der Waals surface area (Å²) in [6.45, 7) is 9.81. The van der Waals surface area contributed by atoms with E-state index < -0.39 is 0 Å². The van der Waals surface area contributed by atoms with Gasteiger partial charge in [0, 0.05) is 19.4 Å². The van der Waals surface area contributed by atoms with E-state index in [9.17, 15) is 0 Å². The van der Waals surface area contributed by atoms with Gasteiger partial charge in [-0.1, -0.05) is 27.7 Å². The summed E-state index contributed by atoms with van der Waals surface area (Å²) < 4.78 is 2.22. The molecule has 0 saturated carbocycles. The largest absolute Gasteiger partial charge is 0.384 e. The summed E-state index contributed by atoms with van der Waals surface area (Å²) in [6, 6.07) is 0. The van der Waals surface area contributed by atoms with E-state index in [4.69, 9.17) is 10.7 Å². The Kier molecular flexibility index (Phi) is 6.61. The lowest BCUT2D eigenvalue weighted by Crippen LogP contribution is -2.11. The molecule has 1 rings (SSSR count). The van der Waals surface area contributed by atoms with E-state index in [1.54, 1.807) is 0 Å². The normalized spacial score (nSPS) is 11.4. The molecule has 104 valence electrons. The lowest BCUT2D eigenvalue weighted by molar-refractivity contribution is 0.510. The molecule has 0 bridgehead atoms. The van der Waals surface area contributed by atoms with Crippen LogP contribution < -0.4 is 5.73 Å². The third-order valence-corrected chi connectivity index (χ3v) is 3.77. The van der Waals surface area contributed by atoms with Gasteiger partial charge in [-0.3, -0.25) is 0 Å². The number of aromatic nitrogens is 2. The number of nitrogens with zero attached hydrogens (tertiary/aromatic N) is 2. The number of anilines is 1. The Bertz CT molecular complexity index is 358. The van der Waals surface area contributed by atoms with Crippen LogP contribution in [0.3, 0.4) is 0 Å². The minimum atomic E-state index is 0.606. The molecule has 3 nitrogen and oxygen atoms in total. The molecular formula is C14H27N3S. The Labute approximate surface area is 116 Å². The van der Waals surface area contributed by atoms with Gasteiger partial charge in [-0.15, -0.1) is 0 Å². The molecule has 0 aliphatic carbocycles. The van der Waals surface area contributed by atoms with E-state index >= 15 is 0 Å². The molecule has 1 aromatic heterocycles. The standard InChI is InChI=1S/C14H27N3S/c1-5-7-13-16-12(8-9-18-6-2)14(15)17(13)10-11(3)4/h11H,5-10,15H2,1-4H3. The fraction of sp³-hybridized carbons (Fsp3) is 0.786. The summed E-state index contributed by atoms with van der Waals surface area (Å²) in [5.74, 6) is 4.94. The van der Waals surface area contributed by atoms with Crippen LogP contribution in [-0.4, -0.2) is 21.1 Å². The monoisotopic (exact) mass is 269 g/mol. The fourth-order valence-corrected chi connectivity index (χ4v) is 2.68. The Morgan fingerprint density at radius 3 is 2.56 bits per heavy atom. The van der Waals surface area contributed by atoms with Gasteiger partial charge < -0.3 is 10.3 Å². The van der Waals surface area contributed by atoms with Crippen LogP contribution in [0, 0.1) is 5.92 Å². The predicted octanol–water partition coefficient (Wildman–Crippen LogP) is 3.37. The molecule has 0 aliphatic rings. The first-order valence-electron chi connectivity index (χ1n) is 7.01. The van der Waals surface area contributed by atoms with E-state index in [0.29, 0.717) is 5.92 Å². The van der Waals surface area contributed by atoms with E-state index in [0.717, 1.165) is 48.8 Å². The van der Waals surface area contributed by atoms with Crippen molar-refractivity contribution in [2.45, 2.75) is 53.5 Å². The second kappa shape index (κ2) is 7.72. The molecule has 4 heteroatoms. The van der Waals surface area contributed by atoms with Crippen LogP contribution in [-0.2, 0) is 19.4 Å². The van der Waals surface area contributed by atoms with Crippen LogP contribution in [0.2, 0.25) is 0 Å². The molecule has 0 saturated heterocycles. The van der Waals surface area contributed by atoms with Crippen molar-refractivity contribution in [1.29, 1.82) is 0 Å². The molecule has 2 N–H and O–H groups in total. The Morgan fingerprint density at radius 2 is 2.00 bits per heavy atom. The van der Waals surface area contributed by atoms with Gasteiger partial charge >= 0.3 is 0 Å². The Hall–Kier alpha value is -0.640. The highest BCUT2D eigenvalue weighted by atomic mass is 32.2. The molecule has 0 atom stereocenters. The van der Waals surface area contributed by atoms with Gasteiger partial charge in [0.2, 0.25) is 0 Å². The summed E-state index contributed by atoms with van der Waals surface area (Å²) in [7, 11) is 0. The van der Waals surface area contributed by atoms with Crippen molar-refractivity contribution in [3.8, 4) is 0 Å². The summed E-state index contributed by atoms with van der Waals surface area (Å²) >= 11 is 1.95. The van der Waals surface area contributed by atoms with Crippen molar-refractivity contribution in [1.82, 2.24) is 9.55 Å². The topological polar surface area (TPSA) is 43.8 Å². The maximum absolute atomic E-state index is 6.26. The van der Waals surface area contributed by atoms with Crippen LogP contribution in [0.5, 0.6) is 0 Å². The molecule has 0 radical (unpaired) electrons. The zero-order valence-corrected chi connectivity index (χ0v) is 13.0. The van der Waals surface area contributed by atoms with E-state index in [2.05, 4.69) is 32.3 Å². The molecule has 0 amide bonds. The second-order valence-electron chi connectivity index (χ2n) is 5.06. The SMILES string of the molecule is CCCc1nc(CCSCC)c(N)n1CC(C)C. The van der Waals surface area contributed by atoms with Gasteiger partial charge in [0.05, 0.1) is 5.69 Å². The van der Waals surface area contributed by atoms with Gasteiger partial charge in [0.15, 0.2) is 0 Å². The predicted molar refractivity (Wildman–Crippen MR) is 82.2 cm³/mol. The van der Waals surface area contributed by atoms with Crippen molar-refractivity contribution in [2.75, 3.05) is 17.2 Å². The number of imidazole rings is 1. The fourth-order valence-electron chi connectivity index (χ4n) is 2.05.